The zero-order chi connectivity index (χ0) is 61.9. The van der Waals surface area contributed by atoms with Crippen LogP contribution in [0.4, 0.5) is 0 Å². The summed E-state index contributed by atoms with van der Waals surface area (Å²) >= 11 is 0. The molecule has 19 nitrogen and oxygen atoms in total. The van der Waals surface area contributed by atoms with Crippen molar-refractivity contribution in [2.75, 3.05) is 26.4 Å². The van der Waals surface area contributed by atoms with Crippen LogP contribution in [0.1, 0.15) is 245 Å². The number of hydrogen-bond acceptors (Lipinski definition) is 18. The van der Waals surface area contributed by atoms with Gasteiger partial charge in [0, 0.05) is 6.42 Å². The van der Waals surface area contributed by atoms with Crippen LogP contribution in [0.3, 0.4) is 0 Å². The Kier molecular flexibility index (Phi) is 44.4. The molecule has 3 aliphatic heterocycles. The van der Waals surface area contributed by atoms with Crippen molar-refractivity contribution in [3.05, 3.63) is 36.5 Å². The Morgan fingerprint density at radius 3 is 1.21 bits per heavy atom. The maximum Gasteiger partial charge on any atom is 0.220 e. The van der Waals surface area contributed by atoms with Gasteiger partial charge < -0.3 is 89.9 Å². The summed E-state index contributed by atoms with van der Waals surface area (Å²) in [6.07, 6.45) is 29.8. The third-order valence-electron chi connectivity index (χ3n) is 17.0. The van der Waals surface area contributed by atoms with E-state index < -0.39 is 124 Å². The fourth-order valence-corrected chi connectivity index (χ4v) is 11.4. The van der Waals surface area contributed by atoms with Gasteiger partial charge in [0.15, 0.2) is 18.9 Å². The number of rotatable bonds is 51. The Morgan fingerprint density at radius 2 is 0.776 bits per heavy atom. The van der Waals surface area contributed by atoms with E-state index >= 15 is 0 Å². The van der Waals surface area contributed by atoms with Gasteiger partial charge in [-0.3, -0.25) is 4.79 Å². The molecule has 85 heavy (non-hydrogen) atoms. The Balaban J connectivity index is 1.21. The molecule has 3 aliphatic rings. The molecule has 19 heteroatoms. The van der Waals surface area contributed by atoms with Crippen LogP contribution in [0.25, 0.3) is 0 Å². The summed E-state index contributed by atoms with van der Waals surface area (Å²) in [6, 6.07) is -0.880. The van der Waals surface area contributed by atoms with Crippen LogP contribution in [-0.2, 0) is 33.2 Å². The van der Waals surface area contributed by atoms with E-state index in [1.807, 2.05) is 6.92 Å². The minimum Gasteiger partial charge on any atom is -0.394 e. The van der Waals surface area contributed by atoms with Crippen molar-refractivity contribution in [2.45, 2.75) is 349 Å². The molecule has 1 amide bonds. The highest BCUT2D eigenvalue weighted by Crippen LogP contribution is 2.33. The number of aliphatic hydroxyl groups excluding tert-OH is 11. The van der Waals surface area contributed by atoms with E-state index in [2.05, 4.69) is 48.7 Å². The van der Waals surface area contributed by atoms with Gasteiger partial charge in [-0.1, -0.05) is 224 Å². The van der Waals surface area contributed by atoms with Gasteiger partial charge in [-0.2, -0.15) is 0 Å². The average molecular weight is 1220 g/mol. The van der Waals surface area contributed by atoms with E-state index in [1.54, 1.807) is 0 Å². The minimum atomic E-state index is -1.97. The number of carbonyl (C=O) groups excluding carboxylic acids is 1. The van der Waals surface area contributed by atoms with Gasteiger partial charge in [-0.25, -0.2) is 0 Å². The minimum absolute atomic E-state index is 0.252. The number of hydrogen-bond donors (Lipinski definition) is 12. The summed E-state index contributed by atoms with van der Waals surface area (Å²) in [5.74, 6) is -0.252. The zero-order valence-corrected chi connectivity index (χ0v) is 52.3. The van der Waals surface area contributed by atoms with Gasteiger partial charge >= 0.3 is 0 Å². The molecule has 17 atom stereocenters. The molecule has 0 bridgehead atoms. The second kappa shape index (κ2) is 48.8. The Labute approximate surface area is 511 Å². The third kappa shape index (κ3) is 31.5. The SMILES string of the molecule is CCCCCCC/C=C\C/C=C\C/C=C\CCCCCCCCCCCCCCCCCCCCCCCCC(=O)NC(COC1OC(CO)C(OC2OC(CO)C(OC3OC(CO)C(O)C(O)C3O)C(O)C2O)C(O)C1O)C(O)CCCCC. The summed E-state index contributed by atoms with van der Waals surface area (Å²) in [4.78, 5) is 13.2. The molecule has 12 N–H and O–H groups in total. The number of nitrogens with one attached hydrogen (secondary N) is 1. The topological polar surface area (TPSA) is 307 Å². The van der Waals surface area contributed by atoms with Crippen LogP contribution in [0.5, 0.6) is 0 Å². The molecule has 17 unspecified atom stereocenters. The highest BCUT2D eigenvalue weighted by atomic mass is 16.8. The lowest BCUT2D eigenvalue weighted by atomic mass is 9.96. The number of allylic oxidation sites excluding steroid dienone is 6. The van der Waals surface area contributed by atoms with Crippen LogP contribution in [0.2, 0.25) is 0 Å². The molecular weight excluding hydrogens is 1090 g/mol. The number of carbonyl (C=O) groups is 1. The first-order chi connectivity index (χ1) is 41.3. The summed E-state index contributed by atoms with van der Waals surface area (Å²) < 4.78 is 34.1. The second-order valence-electron chi connectivity index (χ2n) is 24.3. The molecule has 3 rings (SSSR count). The van der Waals surface area contributed by atoms with Crippen molar-refractivity contribution in [3.8, 4) is 0 Å². The van der Waals surface area contributed by atoms with Crippen molar-refractivity contribution >= 4 is 5.91 Å². The third-order valence-corrected chi connectivity index (χ3v) is 17.0. The van der Waals surface area contributed by atoms with Gasteiger partial charge in [-0.15, -0.1) is 0 Å². The summed E-state index contributed by atoms with van der Waals surface area (Å²) in [7, 11) is 0. The zero-order valence-electron chi connectivity index (χ0n) is 52.3. The Hall–Kier alpha value is -1.99. The lowest BCUT2D eigenvalue weighted by Gasteiger charge is -2.48. The van der Waals surface area contributed by atoms with Gasteiger partial charge in [0.2, 0.25) is 5.91 Å². The van der Waals surface area contributed by atoms with E-state index in [0.717, 1.165) is 44.9 Å². The van der Waals surface area contributed by atoms with Crippen LogP contribution in [0.15, 0.2) is 36.5 Å². The molecule has 0 radical (unpaired) electrons. The fourth-order valence-electron chi connectivity index (χ4n) is 11.4. The quantitative estimate of drug-likeness (QED) is 0.0202. The van der Waals surface area contributed by atoms with Crippen molar-refractivity contribution in [3.63, 3.8) is 0 Å². The number of aliphatic hydroxyl groups is 11. The normalized spacial score (nSPS) is 29.2. The predicted octanol–water partition coefficient (Wildman–Crippen LogP) is 8.05. The number of ether oxygens (including phenoxy) is 6. The summed E-state index contributed by atoms with van der Waals surface area (Å²) in [6.45, 7) is 1.60. The molecule has 3 fully saturated rings. The van der Waals surface area contributed by atoms with Crippen molar-refractivity contribution in [2.24, 2.45) is 0 Å². The van der Waals surface area contributed by atoms with Gasteiger partial charge in [0.1, 0.15) is 73.2 Å². The number of unbranched alkanes of at least 4 members (excludes halogenated alkanes) is 29. The standard InChI is InChI=1S/C66H121NO18/c1-3-5-7-8-9-10-11-12-13-14-15-16-17-18-19-20-21-22-23-24-25-26-27-28-29-30-31-32-33-34-35-36-37-38-39-40-42-44-54(72)67-49(50(71)43-41-6-4-2)48-80-64-60(78)57(75)62(52(46-69)82-64)85-66-61(79)58(76)63(53(47-70)83-66)84-65-59(77)56(74)55(73)51(45-68)81-65/h11-12,14-15,17-18,49-53,55-66,68-71,73-79H,3-10,13,16,19-48H2,1-2H3,(H,67,72)/b12-11-,15-14-,18-17-. The molecule has 0 spiro atoms. The van der Waals surface area contributed by atoms with Crippen LogP contribution in [0, 0.1) is 0 Å². The monoisotopic (exact) mass is 1220 g/mol. The molecule has 0 aromatic heterocycles. The first-order valence-corrected chi connectivity index (χ1v) is 33.7. The smallest absolute Gasteiger partial charge is 0.220 e. The van der Waals surface area contributed by atoms with Crippen LogP contribution < -0.4 is 5.32 Å². The lowest BCUT2D eigenvalue weighted by molar-refractivity contribution is -0.379. The first kappa shape index (κ1) is 77.3. The van der Waals surface area contributed by atoms with Crippen LogP contribution in [-0.4, -0.2) is 193 Å². The van der Waals surface area contributed by atoms with E-state index in [4.69, 9.17) is 28.4 Å². The summed E-state index contributed by atoms with van der Waals surface area (Å²) in [5.41, 5.74) is 0. The maximum absolute atomic E-state index is 13.2. The van der Waals surface area contributed by atoms with Gasteiger partial charge in [-0.05, 0) is 51.4 Å². The molecule has 3 saturated heterocycles. The van der Waals surface area contributed by atoms with E-state index in [9.17, 15) is 61.0 Å². The first-order valence-electron chi connectivity index (χ1n) is 33.7. The van der Waals surface area contributed by atoms with E-state index in [0.29, 0.717) is 19.3 Å². The predicted molar refractivity (Wildman–Crippen MR) is 328 cm³/mol. The molecule has 498 valence electrons. The van der Waals surface area contributed by atoms with E-state index in [1.165, 1.54) is 161 Å². The van der Waals surface area contributed by atoms with E-state index in [-0.39, 0.29) is 18.9 Å². The molecule has 0 aromatic carbocycles. The second-order valence-corrected chi connectivity index (χ2v) is 24.3. The maximum atomic E-state index is 13.2. The van der Waals surface area contributed by atoms with Gasteiger partial charge in [0.05, 0.1) is 38.6 Å². The van der Waals surface area contributed by atoms with Crippen molar-refractivity contribution in [1.29, 1.82) is 0 Å². The highest BCUT2D eigenvalue weighted by Gasteiger charge is 2.53. The van der Waals surface area contributed by atoms with Crippen molar-refractivity contribution in [1.82, 2.24) is 5.32 Å². The summed E-state index contributed by atoms with van der Waals surface area (Å²) in [5, 5.41) is 119. The Bertz CT molecular complexity index is 1690. The largest absolute Gasteiger partial charge is 0.394 e. The van der Waals surface area contributed by atoms with Crippen LogP contribution >= 0.6 is 0 Å². The Morgan fingerprint density at radius 1 is 0.424 bits per heavy atom. The lowest BCUT2D eigenvalue weighted by Crippen LogP contribution is -2.66. The molecule has 0 aromatic rings. The molecule has 0 saturated carbocycles. The highest BCUT2D eigenvalue weighted by molar-refractivity contribution is 5.76. The molecule has 0 aliphatic carbocycles. The molecular formula is C66H121NO18. The average Bonchev–Trinajstić information content (AvgIpc) is 3.44. The molecule has 3 heterocycles. The fraction of sp³-hybridized carbons (Fsp3) is 0.894. The van der Waals surface area contributed by atoms with Gasteiger partial charge in [0.25, 0.3) is 0 Å². The van der Waals surface area contributed by atoms with Crippen molar-refractivity contribution < 1.29 is 89.4 Å². The number of amides is 1.